The molecule has 1 spiro atoms. The maximum absolute atomic E-state index is 12.8. The number of carbonyl (C=O) groups excluding carboxylic acids is 3. The number of carbonyl (C=O) groups is 3. The van der Waals surface area contributed by atoms with E-state index in [1.54, 1.807) is 6.20 Å². The van der Waals surface area contributed by atoms with Crippen LogP contribution in [0.1, 0.15) is 39.0 Å². The van der Waals surface area contributed by atoms with Gasteiger partial charge in [-0.3, -0.25) is 19.5 Å². The first-order valence-corrected chi connectivity index (χ1v) is 10.9. The van der Waals surface area contributed by atoms with Crippen LogP contribution in [0.25, 0.3) is 10.9 Å². The summed E-state index contributed by atoms with van der Waals surface area (Å²) >= 11 is 0. The highest BCUT2D eigenvalue weighted by molar-refractivity contribution is 6.09. The number of urea groups is 1. The highest BCUT2D eigenvalue weighted by atomic mass is 16.5. The molecule has 1 aliphatic carbocycles. The first-order chi connectivity index (χ1) is 15.0. The quantitative estimate of drug-likeness (QED) is 0.526. The van der Waals surface area contributed by atoms with Gasteiger partial charge in [0.05, 0.1) is 6.61 Å². The van der Waals surface area contributed by atoms with Crippen molar-refractivity contribution in [2.75, 3.05) is 19.7 Å². The molecule has 2 heterocycles. The second kappa shape index (κ2) is 8.91. The fourth-order valence-electron chi connectivity index (χ4n) is 4.29. The predicted molar refractivity (Wildman–Crippen MR) is 115 cm³/mol. The van der Waals surface area contributed by atoms with Crippen molar-refractivity contribution in [3.05, 3.63) is 36.5 Å². The van der Waals surface area contributed by atoms with Crippen molar-refractivity contribution in [1.29, 1.82) is 0 Å². The summed E-state index contributed by atoms with van der Waals surface area (Å²) < 4.78 is 5.81. The van der Waals surface area contributed by atoms with E-state index in [4.69, 9.17) is 4.74 Å². The van der Waals surface area contributed by atoms with Crippen molar-refractivity contribution in [1.82, 2.24) is 20.5 Å². The van der Waals surface area contributed by atoms with Crippen molar-refractivity contribution >= 4 is 28.7 Å². The number of nitrogens with one attached hydrogen (secondary N) is 2. The van der Waals surface area contributed by atoms with Crippen molar-refractivity contribution < 1.29 is 19.1 Å². The lowest BCUT2D eigenvalue weighted by molar-refractivity contribution is -0.136. The molecule has 0 radical (unpaired) electrons. The molecule has 1 aromatic heterocycles. The summed E-state index contributed by atoms with van der Waals surface area (Å²) in [6.45, 7) is 2.71. The van der Waals surface area contributed by atoms with Crippen LogP contribution in [0.4, 0.5) is 4.79 Å². The molecule has 1 aliphatic heterocycles. The number of hydrogen-bond donors (Lipinski definition) is 2. The largest absolute Gasteiger partial charge is 0.491 e. The molecule has 1 aromatic carbocycles. The fraction of sp³-hybridized carbons (Fsp3) is 0.478. The fourth-order valence-corrected chi connectivity index (χ4v) is 4.29. The van der Waals surface area contributed by atoms with Gasteiger partial charge < -0.3 is 15.4 Å². The number of pyridine rings is 1. The number of imide groups is 1. The van der Waals surface area contributed by atoms with Gasteiger partial charge in [0.25, 0.3) is 5.91 Å². The normalized spacial score (nSPS) is 23.3. The van der Waals surface area contributed by atoms with Gasteiger partial charge in [-0.15, -0.1) is 0 Å². The number of fused-ring (bicyclic) bond motifs is 1. The van der Waals surface area contributed by atoms with Crippen LogP contribution in [0, 0.1) is 5.92 Å². The molecule has 2 aliphatic rings. The van der Waals surface area contributed by atoms with Crippen LogP contribution in [0.2, 0.25) is 0 Å². The van der Waals surface area contributed by atoms with Crippen LogP contribution in [-0.2, 0) is 9.59 Å². The smallest absolute Gasteiger partial charge is 0.325 e. The SMILES string of the molecule is CC1CCC2(CC1)NC(=O)N(CC(=O)NCCCOc1cccc3cccnc13)C2=O. The maximum Gasteiger partial charge on any atom is 0.325 e. The van der Waals surface area contributed by atoms with Gasteiger partial charge in [-0.25, -0.2) is 4.79 Å². The first kappa shape index (κ1) is 21.1. The summed E-state index contributed by atoms with van der Waals surface area (Å²) in [7, 11) is 0. The Labute approximate surface area is 181 Å². The number of para-hydroxylation sites is 1. The van der Waals surface area contributed by atoms with E-state index in [1.807, 2.05) is 30.3 Å². The molecule has 2 aromatic rings. The van der Waals surface area contributed by atoms with E-state index in [0.29, 0.717) is 44.1 Å². The molecular weight excluding hydrogens is 396 g/mol. The molecule has 8 heteroatoms. The summed E-state index contributed by atoms with van der Waals surface area (Å²) in [6, 6.07) is 9.14. The van der Waals surface area contributed by atoms with E-state index in [2.05, 4.69) is 22.5 Å². The minimum absolute atomic E-state index is 0.254. The molecule has 2 fully saturated rings. The number of rotatable bonds is 7. The van der Waals surface area contributed by atoms with E-state index >= 15 is 0 Å². The third-order valence-corrected chi connectivity index (χ3v) is 6.17. The average Bonchev–Trinajstić information content (AvgIpc) is 3.00. The topological polar surface area (TPSA) is 101 Å². The van der Waals surface area contributed by atoms with Gasteiger partial charge in [-0.2, -0.15) is 0 Å². The van der Waals surface area contributed by atoms with Crippen molar-refractivity contribution in [2.24, 2.45) is 5.92 Å². The van der Waals surface area contributed by atoms with Crippen molar-refractivity contribution in [3.63, 3.8) is 0 Å². The Kier molecular flexibility index (Phi) is 6.06. The minimum Gasteiger partial charge on any atom is -0.491 e. The van der Waals surface area contributed by atoms with E-state index in [0.717, 1.165) is 28.6 Å². The zero-order valence-electron chi connectivity index (χ0n) is 17.7. The van der Waals surface area contributed by atoms with E-state index in [9.17, 15) is 14.4 Å². The minimum atomic E-state index is -0.815. The highest BCUT2D eigenvalue weighted by Gasteiger charge is 2.52. The predicted octanol–water partition coefficient (Wildman–Crippen LogP) is 2.62. The van der Waals surface area contributed by atoms with Gasteiger partial charge in [0.1, 0.15) is 23.3 Å². The summed E-state index contributed by atoms with van der Waals surface area (Å²) in [5.41, 5.74) is -0.0110. The Hall–Kier alpha value is -3.16. The molecule has 2 N–H and O–H groups in total. The molecule has 31 heavy (non-hydrogen) atoms. The van der Waals surface area contributed by atoms with Gasteiger partial charge in [0.2, 0.25) is 5.91 Å². The Bertz CT molecular complexity index is 979. The molecule has 0 unspecified atom stereocenters. The lowest BCUT2D eigenvalue weighted by Crippen LogP contribution is -2.49. The molecule has 164 valence electrons. The molecule has 8 nitrogen and oxygen atoms in total. The molecule has 1 saturated carbocycles. The number of nitrogens with zero attached hydrogens (tertiary/aromatic N) is 2. The monoisotopic (exact) mass is 424 g/mol. The summed E-state index contributed by atoms with van der Waals surface area (Å²) in [5.74, 6) is 0.637. The number of amides is 4. The second-order valence-electron chi connectivity index (χ2n) is 8.47. The summed E-state index contributed by atoms with van der Waals surface area (Å²) in [6.07, 6.45) is 5.39. The lowest BCUT2D eigenvalue weighted by Gasteiger charge is -2.33. The van der Waals surface area contributed by atoms with Gasteiger partial charge in [-0.05, 0) is 50.2 Å². The van der Waals surface area contributed by atoms with Crippen LogP contribution in [-0.4, -0.2) is 53.0 Å². The van der Waals surface area contributed by atoms with Crippen LogP contribution in [0.15, 0.2) is 36.5 Å². The van der Waals surface area contributed by atoms with Crippen LogP contribution >= 0.6 is 0 Å². The number of ether oxygens (including phenoxy) is 1. The third kappa shape index (κ3) is 4.47. The summed E-state index contributed by atoms with van der Waals surface area (Å²) in [5, 5.41) is 6.61. The summed E-state index contributed by atoms with van der Waals surface area (Å²) in [4.78, 5) is 42.8. The van der Waals surface area contributed by atoms with E-state index in [-0.39, 0.29) is 18.4 Å². The van der Waals surface area contributed by atoms with Crippen molar-refractivity contribution in [2.45, 2.75) is 44.6 Å². The standard InChI is InChI=1S/C23H28N4O4/c1-16-8-10-23(11-9-16)21(29)27(22(30)26-23)15-19(28)24-13-4-14-31-18-7-2-5-17-6-3-12-25-20(17)18/h2-3,5-7,12,16H,4,8-11,13-15H2,1H3,(H,24,28)(H,26,30). The lowest BCUT2D eigenvalue weighted by atomic mass is 9.77. The second-order valence-corrected chi connectivity index (χ2v) is 8.47. The molecule has 0 bridgehead atoms. The number of hydrogen-bond acceptors (Lipinski definition) is 5. The van der Waals surface area contributed by atoms with Gasteiger partial charge >= 0.3 is 6.03 Å². The molecule has 4 rings (SSSR count). The number of aromatic nitrogens is 1. The van der Waals surface area contributed by atoms with E-state index < -0.39 is 11.6 Å². The Morgan fingerprint density at radius 3 is 2.84 bits per heavy atom. The average molecular weight is 425 g/mol. The van der Waals surface area contributed by atoms with Crippen LogP contribution in [0.3, 0.4) is 0 Å². The molecule has 4 amide bonds. The first-order valence-electron chi connectivity index (χ1n) is 10.9. The highest BCUT2D eigenvalue weighted by Crippen LogP contribution is 2.36. The van der Waals surface area contributed by atoms with Crippen molar-refractivity contribution in [3.8, 4) is 5.75 Å². The Balaban J connectivity index is 1.22. The van der Waals surface area contributed by atoms with Crippen LogP contribution < -0.4 is 15.4 Å². The molecule has 1 saturated heterocycles. The van der Waals surface area contributed by atoms with Gasteiger partial charge in [-0.1, -0.05) is 25.1 Å². The zero-order chi connectivity index (χ0) is 21.8. The molecular formula is C23H28N4O4. The van der Waals surface area contributed by atoms with Gasteiger partial charge in [0.15, 0.2) is 0 Å². The Morgan fingerprint density at radius 2 is 2.03 bits per heavy atom. The van der Waals surface area contributed by atoms with Crippen LogP contribution in [0.5, 0.6) is 5.75 Å². The Morgan fingerprint density at radius 1 is 1.26 bits per heavy atom. The third-order valence-electron chi connectivity index (χ3n) is 6.17. The maximum atomic E-state index is 12.8. The van der Waals surface area contributed by atoms with Gasteiger partial charge in [0, 0.05) is 18.1 Å². The zero-order valence-corrected chi connectivity index (χ0v) is 17.7. The number of benzene rings is 1. The van der Waals surface area contributed by atoms with E-state index in [1.165, 1.54) is 0 Å². The molecule has 0 atom stereocenters.